The topological polar surface area (TPSA) is 118 Å². The van der Waals surface area contributed by atoms with Gasteiger partial charge in [0.2, 0.25) is 0 Å². The quantitative estimate of drug-likeness (QED) is 0.612. The van der Waals surface area contributed by atoms with E-state index in [1.165, 1.54) is 36.4 Å². The molecule has 0 saturated heterocycles. The van der Waals surface area contributed by atoms with E-state index >= 15 is 0 Å². The van der Waals surface area contributed by atoms with Crippen molar-refractivity contribution in [3.63, 3.8) is 0 Å². The molecule has 2 rings (SSSR count). The molecule has 0 bridgehead atoms. The minimum atomic E-state index is -3.48. The largest absolute Gasteiger partial charge is 0.337 e. The number of nitrogens with zero attached hydrogens (tertiary/aromatic N) is 1. The first-order valence-electron chi connectivity index (χ1n) is 6.95. The second-order valence-electron chi connectivity index (χ2n) is 4.82. The minimum Gasteiger partial charge on any atom is -0.337 e. The van der Waals surface area contributed by atoms with Crippen LogP contribution in [-0.2, 0) is 9.84 Å². The molecule has 2 aromatic rings. The van der Waals surface area contributed by atoms with Crippen LogP contribution in [0, 0.1) is 10.1 Å². The highest BCUT2D eigenvalue weighted by molar-refractivity contribution is 7.91. The van der Waals surface area contributed by atoms with Crippen molar-refractivity contribution >= 4 is 27.2 Å². The number of nitrogens with one attached hydrogen (secondary N) is 2. The fourth-order valence-corrected chi connectivity index (χ4v) is 3.10. The van der Waals surface area contributed by atoms with Gasteiger partial charge in [-0.1, -0.05) is 24.3 Å². The zero-order chi connectivity index (χ0) is 17.6. The van der Waals surface area contributed by atoms with Crippen LogP contribution >= 0.6 is 0 Å². The molecule has 0 radical (unpaired) electrons. The van der Waals surface area contributed by atoms with Gasteiger partial charge in [-0.05, 0) is 18.2 Å². The van der Waals surface area contributed by atoms with Gasteiger partial charge in [0.15, 0.2) is 9.84 Å². The van der Waals surface area contributed by atoms with Gasteiger partial charge in [0.25, 0.3) is 5.69 Å². The minimum absolute atomic E-state index is 0.0853. The van der Waals surface area contributed by atoms with Crippen molar-refractivity contribution in [3.8, 4) is 0 Å². The zero-order valence-electron chi connectivity index (χ0n) is 12.5. The van der Waals surface area contributed by atoms with E-state index < -0.39 is 20.8 Å². The number of urea groups is 1. The van der Waals surface area contributed by atoms with Crippen molar-refractivity contribution < 1.29 is 18.1 Å². The van der Waals surface area contributed by atoms with Crippen LogP contribution in [-0.4, -0.2) is 31.7 Å². The summed E-state index contributed by atoms with van der Waals surface area (Å²) in [6.45, 7) is -0.0853. The predicted octanol–water partition coefficient (Wildman–Crippen LogP) is 2.19. The highest BCUT2D eigenvalue weighted by Gasteiger charge is 2.14. The number of hydrogen-bond donors (Lipinski definition) is 2. The third-order valence-electron chi connectivity index (χ3n) is 3.07. The molecule has 0 aliphatic rings. The lowest BCUT2D eigenvalue weighted by Gasteiger charge is -2.08. The second kappa shape index (κ2) is 7.55. The van der Waals surface area contributed by atoms with E-state index in [0.717, 1.165) is 0 Å². The van der Waals surface area contributed by atoms with Gasteiger partial charge in [0, 0.05) is 24.4 Å². The number of sulfone groups is 1. The first-order valence-corrected chi connectivity index (χ1v) is 8.61. The standard InChI is InChI=1S/C15H15N3O5S/c19-15(17-12-5-4-6-13(11-12)18(20)21)16-9-10-24(22,23)14-7-2-1-3-8-14/h1-8,11H,9-10H2,(H2,16,17,19). The Morgan fingerprint density at radius 3 is 2.46 bits per heavy atom. The lowest BCUT2D eigenvalue weighted by atomic mass is 10.3. The molecule has 0 aliphatic carbocycles. The number of non-ortho nitro benzene ring substituents is 1. The molecule has 0 aliphatic heterocycles. The fourth-order valence-electron chi connectivity index (χ4n) is 1.92. The van der Waals surface area contributed by atoms with Crippen LogP contribution in [0.25, 0.3) is 0 Å². The summed E-state index contributed by atoms with van der Waals surface area (Å²) in [5, 5.41) is 15.5. The number of carbonyl (C=O) groups is 1. The van der Waals surface area contributed by atoms with Gasteiger partial charge in [-0.25, -0.2) is 13.2 Å². The maximum Gasteiger partial charge on any atom is 0.319 e. The molecule has 2 N–H and O–H groups in total. The highest BCUT2D eigenvalue weighted by Crippen LogP contribution is 2.16. The lowest BCUT2D eigenvalue weighted by molar-refractivity contribution is -0.384. The smallest absolute Gasteiger partial charge is 0.319 e. The first kappa shape index (κ1) is 17.4. The number of hydrogen-bond acceptors (Lipinski definition) is 5. The van der Waals surface area contributed by atoms with Crippen LogP contribution in [0.3, 0.4) is 0 Å². The molecule has 0 spiro atoms. The van der Waals surface area contributed by atoms with Crippen molar-refractivity contribution in [1.29, 1.82) is 0 Å². The highest BCUT2D eigenvalue weighted by atomic mass is 32.2. The fraction of sp³-hybridized carbons (Fsp3) is 0.133. The number of nitro benzene ring substituents is 1. The predicted molar refractivity (Wildman–Crippen MR) is 88.6 cm³/mol. The van der Waals surface area contributed by atoms with Crippen LogP contribution in [0.1, 0.15) is 0 Å². The van der Waals surface area contributed by atoms with Gasteiger partial charge < -0.3 is 10.6 Å². The summed E-state index contributed by atoms with van der Waals surface area (Å²) in [4.78, 5) is 22.0. The third-order valence-corrected chi connectivity index (χ3v) is 4.81. The summed E-state index contributed by atoms with van der Waals surface area (Å²) in [6.07, 6.45) is 0. The Labute approximate surface area is 138 Å². The number of benzene rings is 2. The van der Waals surface area contributed by atoms with Gasteiger partial charge in [0.05, 0.1) is 15.6 Å². The van der Waals surface area contributed by atoms with Gasteiger partial charge in [-0.15, -0.1) is 0 Å². The van der Waals surface area contributed by atoms with Crippen molar-refractivity contribution in [2.45, 2.75) is 4.90 Å². The summed E-state index contributed by atoms with van der Waals surface area (Å²) in [6, 6.07) is 12.7. The Hall–Kier alpha value is -2.94. The van der Waals surface area contributed by atoms with E-state index in [0.29, 0.717) is 0 Å². The molecular weight excluding hydrogens is 334 g/mol. The van der Waals surface area contributed by atoms with Crippen molar-refractivity contribution in [1.82, 2.24) is 5.32 Å². The van der Waals surface area contributed by atoms with E-state index in [2.05, 4.69) is 10.6 Å². The van der Waals surface area contributed by atoms with Crippen LogP contribution in [0.5, 0.6) is 0 Å². The molecule has 2 amide bonds. The molecule has 0 fully saturated rings. The Morgan fingerprint density at radius 1 is 1.08 bits per heavy atom. The number of anilines is 1. The summed E-state index contributed by atoms with van der Waals surface area (Å²) in [5.74, 6) is -0.251. The monoisotopic (exact) mass is 349 g/mol. The van der Waals surface area contributed by atoms with E-state index in [9.17, 15) is 23.3 Å². The van der Waals surface area contributed by atoms with Gasteiger partial charge in [0.1, 0.15) is 0 Å². The van der Waals surface area contributed by atoms with Crippen LogP contribution in [0.2, 0.25) is 0 Å². The number of carbonyl (C=O) groups excluding carboxylic acids is 1. The van der Waals surface area contributed by atoms with Crippen molar-refractivity contribution in [3.05, 3.63) is 64.7 Å². The molecule has 126 valence electrons. The molecular formula is C15H15N3O5S. The van der Waals surface area contributed by atoms with E-state index in [4.69, 9.17) is 0 Å². The summed E-state index contributed by atoms with van der Waals surface area (Å²) < 4.78 is 24.1. The van der Waals surface area contributed by atoms with Crippen LogP contribution < -0.4 is 10.6 Å². The number of nitro groups is 1. The summed E-state index contributed by atoms with van der Waals surface area (Å²) in [7, 11) is -3.48. The third kappa shape index (κ3) is 4.78. The molecule has 0 aromatic heterocycles. The van der Waals surface area contributed by atoms with Gasteiger partial charge >= 0.3 is 6.03 Å². The molecule has 0 heterocycles. The Balaban J connectivity index is 1.88. The molecule has 0 atom stereocenters. The van der Waals surface area contributed by atoms with E-state index in [-0.39, 0.29) is 28.6 Å². The van der Waals surface area contributed by atoms with E-state index in [1.54, 1.807) is 18.2 Å². The normalized spacial score (nSPS) is 10.8. The Kier molecular flexibility index (Phi) is 5.48. The zero-order valence-corrected chi connectivity index (χ0v) is 13.3. The molecule has 0 unspecified atom stereocenters. The summed E-state index contributed by atoms with van der Waals surface area (Å²) in [5.41, 5.74) is 0.0899. The van der Waals surface area contributed by atoms with Crippen LogP contribution in [0.15, 0.2) is 59.5 Å². The number of amides is 2. The van der Waals surface area contributed by atoms with Gasteiger partial charge in [-0.2, -0.15) is 0 Å². The lowest BCUT2D eigenvalue weighted by Crippen LogP contribution is -2.32. The maximum absolute atomic E-state index is 12.0. The molecule has 0 saturated carbocycles. The molecule has 8 nitrogen and oxygen atoms in total. The second-order valence-corrected chi connectivity index (χ2v) is 6.93. The average molecular weight is 349 g/mol. The maximum atomic E-state index is 12.0. The molecule has 24 heavy (non-hydrogen) atoms. The molecule has 2 aromatic carbocycles. The van der Waals surface area contributed by atoms with Crippen LogP contribution in [0.4, 0.5) is 16.2 Å². The SMILES string of the molecule is O=C(NCCS(=O)(=O)c1ccccc1)Nc1cccc([N+](=O)[O-])c1. The van der Waals surface area contributed by atoms with E-state index in [1.807, 2.05) is 0 Å². The average Bonchev–Trinajstić information content (AvgIpc) is 2.55. The molecule has 9 heteroatoms. The number of rotatable bonds is 6. The Morgan fingerprint density at radius 2 is 1.79 bits per heavy atom. The van der Waals surface area contributed by atoms with Crippen molar-refractivity contribution in [2.75, 3.05) is 17.6 Å². The Bertz CT molecular complexity index is 837. The van der Waals surface area contributed by atoms with Gasteiger partial charge in [-0.3, -0.25) is 10.1 Å². The first-order chi connectivity index (χ1) is 11.4. The summed E-state index contributed by atoms with van der Waals surface area (Å²) >= 11 is 0. The van der Waals surface area contributed by atoms with Crippen molar-refractivity contribution in [2.24, 2.45) is 0 Å².